The fourth-order valence-electron chi connectivity index (χ4n) is 1.01. The van der Waals surface area contributed by atoms with Crippen molar-refractivity contribution in [1.82, 2.24) is 0 Å². The number of phosphoric ester groups is 1. The normalized spacial score (nSPS) is 13.1. The van der Waals surface area contributed by atoms with Crippen molar-refractivity contribution in [1.29, 1.82) is 0 Å². The second-order valence-electron chi connectivity index (χ2n) is 3.01. The van der Waals surface area contributed by atoms with Crippen molar-refractivity contribution >= 4 is 65.3 Å². The summed E-state index contributed by atoms with van der Waals surface area (Å²) in [6, 6.07) is 9.37. The molecule has 1 unspecified atom stereocenters. The van der Waals surface area contributed by atoms with E-state index in [1.807, 2.05) is 30.3 Å². The molecule has 0 aliphatic carbocycles. The monoisotopic (exact) mass is 284 g/mol. The molecule has 0 aromatic heterocycles. The molecule has 0 aliphatic heterocycles. The topological polar surface area (TPSA) is 76.0 Å². The summed E-state index contributed by atoms with van der Waals surface area (Å²) in [6.45, 7) is 1.40. The Kier molecular flexibility index (Phi) is 8.84. The van der Waals surface area contributed by atoms with Gasteiger partial charge in [-0.1, -0.05) is 30.3 Å². The van der Waals surface area contributed by atoms with Gasteiger partial charge in [0.25, 0.3) is 0 Å². The molecule has 0 fully saturated rings. The number of rotatable bonds is 5. The molecule has 0 heterocycles. The van der Waals surface area contributed by atoms with Crippen molar-refractivity contribution in [2.75, 3.05) is 0 Å². The first kappa shape index (κ1) is 17.5. The van der Waals surface area contributed by atoms with Crippen LogP contribution >= 0.6 is 7.82 Å². The van der Waals surface area contributed by atoms with Crippen LogP contribution < -0.4 is 0 Å². The molecule has 0 saturated heterocycles. The summed E-state index contributed by atoms with van der Waals surface area (Å²) in [5.74, 6) is 0. The van der Waals surface area contributed by atoms with E-state index in [9.17, 15) is 4.57 Å². The standard InChI is InChI=1S/C10H13O5P.K.H/c1-9(15-16(11,12)13)14-8-7-10-5-3-2-4-6-10;;/h2-9H,1H3,(H2,11,12,13);;. The number of phosphoric acid groups is 1. The van der Waals surface area contributed by atoms with Crippen LogP contribution in [-0.4, -0.2) is 67.5 Å². The summed E-state index contributed by atoms with van der Waals surface area (Å²) in [6.07, 6.45) is 2.00. The first-order valence-electron chi connectivity index (χ1n) is 4.58. The van der Waals surface area contributed by atoms with E-state index in [-0.39, 0.29) is 51.4 Å². The molecule has 2 N–H and O–H groups in total. The Hall–Kier alpha value is 0.506. The van der Waals surface area contributed by atoms with Gasteiger partial charge in [-0.3, -0.25) is 0 Å². The number of hydrogen-bond acceptors (Lipinski definition) is 3. The molecule has 0 saturated carbocycles. The molecule has 1 aromatic carbocycles. The van der Waals surface area contributed by atoms with Crippen LogP contribution in [0.15, 0.2) is 36.6 Å². The van der Waals surface area contributed by atoms with Crippen LogP contribution in [0.3, 0.4) is 0 Å². The van der Waals surface area contributed by atoms with E-state index in [1.54, 1.807) is 6.08 Å². The van der Waals surface area contributed by atoms with Crippen LogP contribution in [0.25, 0.3) is 6.08 Å². The van der Waals surface area contributed by atoms with Gasteiger partial charge in [0, 0.05) is 0 Å². The van der Waals surface area contributed by atoms with Crippen LogP contribution in [0.1, 0.15) is 12.5 Å². The fourth-order valence-corrected chi connectivity index (χ4v) is 1.45. The molecule has 5 nitrogen and oxygen atoms in total. The van der Waals surface area contributed by atoms with Crippen LogP contribution in [0.4, 0.5) is 0 Å². The number of ether oxygens (including phenoxy) is 1. The fraction of sp³-hybridized carbons (Fsp3) is 0.200. The van der Waals surface area contributed by atoms with Crippen molar-refractivity contribution in [3.05, 3.63) is 42.2 Å². The average molecular weight is 284 g/mol. The van der Waals surface area contributed by atoms with Crippen molar-refractivity contribution in [3.8, 4) is 0 Å². The Morgan fingerprint density at radius 1 is 1.29 bits per heavy atom. The van der Waals surface area contributed by atoms with Crippen LogP contribution in [-0.2, 0) is 13.8 Å². The zero-order chi connectivity index (χ0) is 12.0. The molecule has 1 aromatic rings. The van der Waals surface area contributed by atoms with Gasteiger partial charge >= 0.3 is 59.2 Å². The van der Waals surface area contributed by atoms with Gasteiger partial charge in [0.05, 0.1) is 6.26 Å². The molecule has 0 spiro atoms. The van der Waals surface area contributed by atoms with Crippen molar-refractivity contribution in [3.63, 3.8) is 0 Å². The molecule has 0 aliphatic rings. The Morgan fingerprint density at radius 3 is 2.41 bits per heavy atom. The maximum atomic E-state index is 10.4. The van der Waals surface area contributed by atoms with Crippen LogP contribution in [0, 0.1) is 0 Å². The molecule has 17 heavy (non-hydrogen) atoms. The average Bonchev–Trinajstić information content (AvgIpc) is 2.16. The van der Waals surface area contributed by atoms with Gasteiger partial charge in [0.1, 0.15) is 0 Å². The Balaban J connectivity index is 0.00000256. The van der Waals surface area contributed by atoms with E-state index in [0.29, 0.717) is 0 Å². The summed E-state index contributed by atoms with van der Waals surface area (Å²) < 4.78 is 19.6. The Bertz CT molecular complexity index is 389. The van der Waals surface area contributed by atoms with Crippen LogP contribution in [0.5, 0.6) is 0 Å². The third-order valence-electron chi connectivity index (χ3n) is 1.62. The van der Waals surface area contributed by atoms with Gasteiger partial charge in [-0.05, 0) is 18.6 Å². The third-order valence-corrected chi connectivity index (χ3v) is 2.19. The van der Waals surface area contributed by atoms with E-state index < -0.39 is 14.1 Å². The molecule has 0 amide bonds. The quantitative estimate of drug-likeness (QED) is 0.371. The molecule has 90 valence electrons. The van der Waals surface area contributed by atoms with E-state index in [0.717, 1.165) is 5.56 Å². The minimum absolute atomic E-state index is 0. The van der Waals surface area contributed by atoms with Gasteiger partial charge in [-0.2, -0.15) is 0 Å². The molecular weight excluding hydrogens is 270 g/mol. The van der Waals surface area contributed by atoms with Gasteiger partial charge in [0.2, 0.25) is 6.29 Å². The second kappa shape index (κ2) is 8.58. The van der Waals surface area contributed by atoms with Crippen molar-refractivity contribution in [2.45, 2.75) is 13.2 Å². The number of benzene rings is 1. The molecule has 1 atom stereocenters. The predicted octanol–water partition coefficient (Wildman–Crippen LogP) is 1.48. The van der Waals surface area contributed by atoms with E-state index in [4.69, 9.17) is 14.5 Å². The summed E-state index contributed by atoms with van der Waals surface area (Å²) in [7, 11) is -4.49. The molecule has 0 bridgehead atoms. The van der Waals surface area contributed by atoms with E-state index in [2.05, 4.69) is 4.52 Å². The predicted molar refractivity (Wildman–Crippen MR) is 66.3 cm³/mol. The minimum atomic E-state index is -4.49. The van der Waals surface area contributed by atoms with Crippen LogP contribution in [0.2, 0.25) is 0 Å². The summed E-state index contributed by atoms with van der Waals surface area (Å²) in [5.41, 5.74) is 0.922. The van der Waals surface area contributed by atoms with Gasteiger partial charge in [-0.15, -0.1) is 0 Å². The molecule has 7 heteroatoms. The van der Waals surface area contributed by atoms with Gasteiger partial charge < -0.3 is 14.5 Å². The molecule has 1 rings (SSSR count). The SMILES string of the molecule is CC(OC=Cc1ccccc1)OP(=O)(O)O.[KH]. The number of hydrogen-bond donors (Lipinski definition) is 2. The van der Waals surface area contributed by atoms with Crippen molar-refractivity contribution in [2.24, 2.45) is 0 Å². The zero-order valence-corrected chi connectivity index (χ0v) is 9.58. The molecular formula is C10H14KO5P. The van der Waals surface area contributed by atoms with Gasteiger partial charge in [-0.25, -0.2) is 9.09 Å². The third kappa shape index (κ3) is 9.13. The maximum absolute atomic E-state index is 10.4. The summed E-state index contributed by atoms with van der Waals surface area (Å²) in [4.78, 5) is 17.0. The second-order valence-corrected chi connectivity index (χ2v) is 4.21. The van der Waals surface area contributed by atoms with E-state index >= 15 is 0 Å². The zero-order valence-electron chi connectivity index (χ0n) is 8.69. The van der Waals surface area contributed by atoms with Crippen molar-refractivity contribution < 1.29 is 23.6 Å². The first-order valence-corrected chi connectivity index (χ1v) is 6.11. The Morgan fingerprint density at radius 2 is 1.88 bits per heavy atom. The summed E-state index contributed by atoms with van der Waals surface area (Å²) >= 11 is 0. The molecule has 0 radical (unpaired) electrons. The van der Waals surface area contributed by atoms with Gasteiger partial charge in [0.15, 0.2) is 0 Å². The van der Waals surface area contributed by atoms with E-state index in [1.165, 1.54) is 13.2 Å². The Labute approximate surface area is 142 Å². The summed E-state index contributed by atoms with van der Waals surface area (Å²) in [5, 5.41) is 0. The first-order chi connectivity index (χ1) is 7.47.